The van der Waals surface area contributed by atoms with Gasteiger partial charge in [0.15, 0.2) is 11.3 Å². The van der Waals surface area contributed by atoms with Crippen molar-refractivity contribution >= 4 is 17.1 Å². The second-order valence-electron chi connectivity index (χ2n) is 9.82. The molecule has 1 saturated heterocycles. The molecule has 1 atom stereocenters. The minimum Gasteiger partial charge on any atom is -0.477 e. The first kappa shape index (κ1) is 27.0. The quantitative estimate of drug-likeness (QED) is 0.255. The maximum absolute atomic E-state index is 15.4. The largest absolute Gasteiger partial charge is 0.477 e. The summed E-state index contributed by atoms with van der Waals surface area (Å²) in [7, 11) is 0. The molecule has 0 aliphatic carbocycles. The number of ether oxygens (including phenoxy) is 2. The number of carboxylic acids is 1. The van der Waals surface area contributed by atoms with Gasteiger partial charge in [0, 0.05) is 30.2 Å². The van der Waals surface area contributed by atoms with Crippen molar-refractivity contribution in [3.63, 3.8) is 0 Å². The first-order valence-corrected chi connectivity index (χ1v) is 13.2. The van der Waals surface area contributed by atoms with Gasteiger partial charge in [0.2, 0.25) is 5.88 Å². The smallest absolute Gasteiger partial charge is 0.354 e. The molecule has 0 unspecified atom stereocenters. The molecule has 6 rings (SSSR count). The summed E-state index contributed by atoms with van der Waals surface area (Å²) in [4.78, 5) is 24.8. The van der Waals surface area contributed by atoms with Crippen LogP contribution in [0.25, 0.3) is 22.4 Å². The van der Waals surface area contributed by atoms with Gasteiger partial charge in [-0.2, -0.15) is 5.26 Å². The number of aromatic carboxylic acids is 1. The highest BCUT2D eigenvalue weighted by Gasteiger charge is 2.24. The predicted octanol–water partition coefficient (Wildman–Crippen LogP) is 5.30. The van der Waals surface area contributed by atoms with Crippen molar-refractivity contribution in [2.24, 2.45) is 0 Å². The van der Waals surface area contributed by atoms with Gasteiger partial charge >= 0.3 is 5.97 Å². The van der Waals surface area contributed by atoms with Crippen LogP contribution in [0.1, 0.15) is 39.4 Å². The molecular weight excluding hydrogens is 544 g/mol. The van der Waals surface area contributed by atoms with Crippen LogP contribution in [0, 0.1) is 23.0 Å². The van der Waals surface area contributed by atoms with Crippen molar-refractivity contribution in [2.45, 2.75) is 32.1 Å². The number of hydrogen-bond donors (Lipinski definition) is 1. The van der Waals surface area contributed by atoms with Gasteiger partial charge in [0.25, 0.3) is 0 Å². The number of benzene rings is 2. The maximum Gasteiger partial charge on any atom is 0.354 e. The van der Waals surface area contributed by atoms with Crippen LogP contribution in [0.2, 0.25) is 0 Å². The Kier molecular flexibility index (Phi) is 7.29. The van der Waals surface area contributed by atoms with E-state index >= 15 is 4.39 Å². The van der Waals surface area contributed by atoms with Gasteiger partial charge in [-0.05, 0) is 48.4 Å². The fourth-order valence-electron chi connectivity index (χ4n) is 4.69. The zero-order valence-electron chi connectivity index (χ0n) is 22.1. The van der Waals surface area contributed by atoms with Crippen molar-refractivity contribution in [1.82, 2.24) is 19.5 Å². The number of imidazole rings is 1. The Hall–Kier alpha value is -5.21. The second kappa shape index (κ2) is 11.3. The highest BCUT2D eigenvalue weighted by atomic mass is 19.1. The van der Waals surface area contributed by atoms with Crippen molar-refractivity contribution in [3.05, 3.63) is 107 Å². The third-order valence-electron chi connectivity index (χ3n) is 7.05. The number of carbonyl (C=O) groups is 1. The Labute approximate surface area is 238 Å². The number of nitriles is 1. The molecule has 11 heteroatoms. The summed E-state index contributed by atoms with van der Waals surface area (Å²) in [5.41, 5.74) is 2.73. The summed E-state index contributed by atoms with van der Waals surface area (Å²) < 4.78 is 42.7. The van der Waals surface area contributed by atoms with E-state index in [2.05, 4.69) is 15.0 Å². The summed E-state index contributed by atoms with van der Waals surface area (Å²) in [5, 5.41) is 18.3. The second-order valence-corrected chi connectivity index (χ2v) is 9.82. The van der Waals surface area contributed by atoms with Gasteiger partial charge in [-0.1, -0.05) is 24.3 Å². The number of aromatic nitrogens is 4. The van der Waals surface area contributed by atoms with Crippen LogP contribution < -0.4 is 4.74 Å². The van der Waals surface area contributed by atoms with Crippen LogP contribution in [0.5, 0.6) is 5.88 Å². The molecule has 0 radical (unpaired) electrons. The molecule has 3 aromatic heterocycles. The number of carboxylic acid groups (broad SMARTS) is 1. The number of hydrogen-bond acceptors (Lipinski definition) is 7. The van der Waals surface area contributed by atoms with Crippen LogP contribution in [-0.2, 0) is 24.3 Å². The summed E-state index contributed by atoms with van der Waals surface area (Å²) >= 11 is 0. The Morgan fingerprint density at radius 1 is 1.05 bits per heavy atom. The third kappa shape index (κ3) is 5.53. The van der Waals surface area contributed by atoms with E-state index < -0.39 is 17.6 Å². The molecular formula is C31H23F2N5O4. The van der Waals surface area contributed by atoms with E-state index in [-0.39, 0.29) is 41.8 Å². The maximum atomic E-state index is 15.4. The number of rotatable bonds is 9. The zero-order chi connectivity index (χ0) is 29.2. The lowest BCUT2D eigenvalue weighted by Crippen LogP contribution is -2.32. The standard InChI is InChI=1S/C31H23F2N5O4/c32-23-12-18(15-34)4-5-21(23)17-42-29-3-1-2-25(36-29)20-7-6-19(24(33)13-20)14-28-35-26-8-9-27(31(39)40)37-30(26)38(28)16-22-10-11-41-22/h1-9,12-13,22H,10-11,14,16-17H2,(H,39,40)/t22-/m0/s1. The lowest BCUT2D eigenvalue weighted by molar-refractivity contribution is -0.0590. The molecule has 0 bridgehead atoms. The minimum atomic E-state index is -1.14. The van der Waals surface area contributed by atoms with Crippen molar-refractivity contribution in [1.29, 1.82) is 5.26 Å². The Morgan fingerprint density at radius 3 is 2.57 bits per heavy atom. The molecule has 42 heavy (non-hydrogen) atoms. The van der Waals surface area contributed by atoms with Crippen LogP contribution >= 0.6 is 0 Å². The van der Waals surface area contributed by atoms with E-state index in [4.69, 9.17) is 14.7 Å². The lowest BCUT2D eigenvalue weighted by atomic mass is 10.1. The Bertz CT molecular complexity index is 1860. The van der Waals surface area contributed by atoms with Gasteiger partial charge in [0.1, 0.15) is 29.6 Å². The van der Waals surface area contributed by atoms with Gasteiger partial charge in [-0.15, -0.1) is 0 Å². The van der Waals surface area contributed by atoms with Crippen LogP contribution in [0.4, 0.5) is 8.78 Å². The van der Waals surface area contributed by atoms with E-state index in [1.165, 1.54) is 24.3 Å². The average Bonchev–Trinajstić information content (AvgIpc) is 3.31. The molecule has 0 saturated carbocycles. The van der Waals surface area contributed by atoms with Crippen LogP contribution in [-0.4, -0.2) is 43.3 Å². The molecule has 210 valence electrons. The number of halogens is 2. The molecule has 0 amide bonds. The van der Waals surface area contributed by atoms with E-state index in [0.717, 1.165) is 12.5 Å². The van der Waals surface area contributed by atoms with Gasteiger partial charge in [0.05, 0.1) is 30.0 Å². The van der Waals surface area contributed by atoms with Crippen LogP contribution in [0.3, 0.4) is 0 Å². The van der Waals surface area contributed by atoms with Crippen LogP contribution in [0.15, 0.2) is 66.7 Å². The van der Waals surface area contributed by atoms with E-state index in [1.54, 1.807) is 41.0 Å². The summed E-state index contributed by atoms with van der Waals surface area (Å²) in [6.07, 6.45) is 0.973. The first-order chi connectivity index (χ1) is 20.4. The van der Waals surface area contributed by atoms with Gasteiger partial charge in [-0.25, -0.2) is 28.5 Å². The molecule has 9 nitrogen and oxygen atoms in total. The summed E-state index contributed by atoms with van der Waals surface area (Å²) in [5.74, 6) is -1.36. The van der Waals surface area contributed by atoms with E-state index in [9.17, 15) is 14.3 Å². The summed E-state index contributed by atoms with van der Waals surface area (Å²) in [6, 6.07) is 18.9. The normalized spacial score (nSPS) is 14.4. The number of pyridine rings is 2. The molecule has 2 aromatic carbocycles. The van der Waals surface area contributed by atoms with Crippen molar-refractivity contribution in [3.8, 4) is 23.2 Å². The van der Waals surface area contributed by atoms with Gasteiger partial charge in [-0.3, -0.25) is 0 Å². The van der Waals surface area contributed by atoms with Crippen molar-refractivity contribution < 1.29 is 28.2 Å². The molecule has 1 aliphatic heterocycles. The molecule has 4 heterocycles. The zero-order valence-corrected chi connectivity index (χ0v) is 22.1. The Balaban J connectivity index is 1.23. The first-order valence-electron chi connectivity index (χ1n) is 13.2. The molecule has 1 N–H and O–H groups in total. The van der Waals surface area contributed by atoms with Gasteiger partial charge < -0.3 is 19.1 Å². The lowest BCUT2D eigenvalue weighted by Gasteiger charge is -2.27. The van der Waals surface area contributed by atoms with E-state index in [0.29, 0.717) is 47.0 Å². The van der Waals surface area contributed by atoms with E-state index in [1.807, 2.05) is 6.07 Å². The highest BCUT2D eigenvalue weighted by Crippen LogP contribution is 2.26. The third-order valence-corrected chi connectivity index (χ3v) is 7.05. The average molecular weight is 568 g/mol. The molecule has 1 aliphatic rings. The molecule has 5 aromatic rings. The monoisotopic (exact) mass is 567 g/mol. The molecule has 0 spiro atoms. The number of nitrogens with zero attached hydrogens (tertiary/aromatic N) is 5. The summed E-state index contributed by atoms with van der Waals surface area (Å²) in [6.45, 7) is 1.00. The van der Waals surface area contributed by atoms with Crippen molar-refractivity contribution in [2.75, 3.05) is 6.61 Å². The fraction of sp³-hybridized carbons (Fsp3) is 0.194. The number of fused-ring (bicyclic) bond motifs is 1. The highest BCUT2D eigenvalue weighted by molar-refractivity contribution is 5.88. The minimum absolute atomic E-state index is 0.0439. The predicted molar refractivity (Wildman–Crippen MR) is 147 cm³/mol. The SMILES string of the molecule is N#Cc1ccc(COc2cccc(-c3ccc(Cc4nc5ccc(C(=O)O)nc5n4C[C@@H]4CCO4)c(F)c3)n2)c(F)c1. The topological polar surface area (TPSA) is 123 Å². The fourth-order valence-corrected chi connectivity index (χ4v) is 4.69. The molecule has 1 fully saturated rings. The Morgan fingerprint density at radius 2 is 1.86 bits per heavy atom.